The third-order valence-corrected chi connectivity index (χ3v) is 4.06. The Morgan fingerprint density at radius 2 is 1.85 bits per heavy atom. The van der Waals surface area contributed by atoms with Crippen molar-refractivity contribution >= 4 is 34.1 Å². The predicted molar refractivity (Wildman–Crippen MR) is 82.3 cm³/mol. The Kier molecular flexibility index (Phi) is 3.62. The van der Waals surface area contributed by atoms with Gasteiger partial charge >= 0.3 is 0 Å². The SMILES string of the molecule is OC(c1ccc2cccnc2c1)c1cccc(Cl)c1Cl. The van der Waals surface area contributed by atoms with Gasteiger partial charge in [0.1, 0.15) is 6.10 Å². The van der Waals surface area contributed by atoms with Crippen molar-refractivity contribution in [1.82, 2.24) is 4.98 Å². The van der Waals surface area contributed by atoms with Crippen molar-refractivity contribution in [3.63, 3.8) is 0 Å². The summed E-state index contributed by atoms with van der Waals surface area (Å²) in [6, 6.07) is 14.7. The van der Waals surface area contributed by atoms with E-state index in [1.807, 2.05) is 30.3 Å². The Labute approximate surface area is 126 Å². The van der Waals surface area contributed by atoms with E-state index in [0.29, 0.717) is 15.6 Å². The zero-order valence-corrected chi connectivity index (χ0v) is 11.9. The lowest BCUT2D eigenvalue weighted by atomic mass is 10.00. The van der Waals surface area contributed by atoms with Crippen molar-refractivity contribution in [2.45, 2.75) is 6.10 Å². The third kappa shape index (κ3) is 2.38. The number of halogens is 2. The van der Waals surface area contributed by atoms with Crippen LogP contribution in [0.1, 0.15) is 17.2 Å². The number of hydrogen-bond acceptors (Lipinski definition) is 2. The summed E-state index contributed by atoms with van der Waals surface area (Å²) in [6.07, 6.45) is 0.901. The number of hydrogen-bond donors (Lipinski definition) is 1. The average molecular weight is 304 g/mol. The van der Waals surface area contributed by atoms with Crippen molar-refractivity contribution in [1.29, 1.82) is 0 Å². The minimum atomic E-state index is -0.826. The molecule has 0 radical (unpaired) electrons. The van der Waals surface area contributed by atoms with E-state index in [1.165, 1.54) is 0 Å². The van der Waals surface area contributed by atoms with Gasteiger partial charge in [0.25, 0.3) is 0 Å². The lowest BCUT2D eigenvalue weighted by Crippen LogP contribution is -2.01. The summed E-state index contributed by atoms with van der Waals surface area (Å²) in [7, 11) is 0. The van der Waals surface area contributed by atoms with Crippen LogP contribution in [-0.2, 0) is 0 Å². The summed E-state index contributed by atoms with van der Waals surface area (Å²) < 4.78 is 0. The predicted octanol–water partition coefficient (Wildman–Crippen LogP) is 4.62. The molecule has 0 spiro atoms. The quantitative estimate of drug-likeness (QED) is 0.749. The molecule has 1 heterocycles. The molecule has 4 heteroatoms. The van der Waals surface area contributed by atoms with Gasteiger partial charge in [-0.05, 0) is 23.8 Å². The van der Waals surface area contributed by atoms with Gasteiger partial charge in [-0.15, -0.1) is 0 Å². The number of aliphatic hydroxyl groups is 1. The Hall–Kier alpha value is -1.61. The molecule has 1 unspecified atom stereocenters. The van der Waals surface area contributed by atoms with E-state index in [-0.39, 0.29) is 0 Å². The molecule has 0 aliphatic carbocycles. The molecule has 0 aliphatic rings. The zero-order valence-electron chi connectivity index (χ0n) is 10.4. The van der Waals surface area contributed by atoms with Gasteiger partial charge in [-0.2, -0.15) is 0 Å². The van der Waals surface area contributed by atoms with Crippen molar-refractivity contribution in [3.8, 4) is 0 Å². The molecule has 1 aromatic heterocycles. The fourth-order valence-electron chi connectivity index (χ4n) is 2.16. The molecule has 0 bridgehead atoms. The van der Waals surface area contributed by atoms with Crippen LogP contribution >= 0.6 is 23.2 Å². The summed E-state index contributed by atoms with van der Waals surface area (Å²) in [6.45, 7) is 0. The zero-order chi connectivity index (χ0) is 14.1. The van der Waals surface area contributed by atoms with E-state index in [4.69, 9.17) is 23.2 Å². The van der Waals surface area contributed by atoms with Gasteiger partial charge in [0, 0.05) is 17.1 Å². The molecule has 3 aromatic rings. The molecular weight excluding hydrogens is 293 g/mol. The van der Waals surface area contributed by atoms with Crippen LogP contribution in [0.15, 0.2) is 54.7 Å². The van der Waals surface area contributed by atoms with Gasteiger partial charge in [-0.1, -0.05) is 53.5 Å². The highest BCUT2D eigenvalue weighted by Crippen LogP contribution is 2.33. The van der Waals surface area contributed by atoms with Gasteiger partial charge in [-0.25, -0.2) is 0 Å². The summed E-state index contributed by atoms with van der Waals surface area (Å²) >= 11 is 12.1. The molecule has 0 saturated heterocycles. The second kappa shape index (κ2) is 5.41. The van der Waals surface area contributed by atoms with Crippen LogP contribution in [0, 0.1) is 0 Å². The number of nitrogens with zero attached hydrogens (tertiary/aromatic N) is 1. The molecule has 3 rings (SSSR count). The molecular formula is C16H11Cl2NO. The first kappa shape index (κ1) is 13.4. The monoisotopic (exact) mass is 303 g/mol. The standard InChI is InChI=1S/C16H11Cl2NO/c17-13-5-1-4-12(15(13)18)16(20)11-7-6-10-3-2-8-19-14(10)9-11/h1-9,16,20H. The molecule has 0 fully saturated rings. The Bertz CT molecular complexity index is 773. The number of aliphatic hydroxyl groups excluding tert-OH is 1. The van der Waals surface area contributed by atoms with Crippen LogP contribution in [0.5, 0.6) is 0 Å². The van der Waals surface area contributed by atoms with Crippen LogP contribution in [0.3, 0.4) is 0 Å². The normalized spacial score (nSPS) is 12.6. The van der Waals surface area contributed by atoms with Crippen molar-refractivity contribution in [2.24, 2.45) is 0 Å². The molecule has 20 heavy (non-hydrogen) atoms. The smallest absolute Gasteiger partial charge is 0.106 e. The number of benzene rings is 2. The van der Waals surface area contributed by atoms with E-state index >= 15 is 0 Å². The van der Waals surface area contributed by atoms with Crippen LogP contribution in [0.4, 0.5) is 0 Å². The van der Waals surface area contributed by atoms with Gasteiger partial charge < -0.3 is 5.11 Å². The maximum absolute atomic E-state index is 10.5. The van der Waals surface area contributed by atoms with Gasteiger partial charge in [0.05, 0.1) is 15.6 Å². The molecule has 2 aromatic carbocycles. The lowest BCUT2D eigenvalue weighted by molar-refractivity contribution is 0.220. The van der Waals surface area contributed by atoms with Gasteiger partial charge in [0.2, 0.25) is 0 Å². The van der Waals surface area contributed by atoms with Crippen molar-refractivity contribution < 1.29 is 5.11 Å². The van der Waals surface area contributed by atoms with E-state index < -0.39 is 6.10 Å². The highest BCUT2D eigenvalue weighted by atomic mass is 35.5. The third-order valence-electron chi connectivity index (χ3n) is 3.22. The number of fused-ring (bicyclic) bond motifs is 1. The largest absolute Gasteiger partial charge is 0.384 e. The minimum absolute atomic E-state index is 0.378. The second-order valence-corrected chi connectivity index (χ2v) is 5.29. The topological polar surface area (TPSA) is 33.1 Å². The summed E-state index contributed by atoms with van der Waals surface area (Å²) in [5.41, 5.74) is 2.16. The molecule has 0 saturated carbocycles. The van der Waals surface area contributed by atoms with Crippen LogP contribution < -0.4 is 0 Å². The summed E-state index contributed by atoms with van der Waals surface area (Å²) in [5, 5.41) is 12.3. The minimum Gasteiger partial charge on any atom is -0.384 e. The second-order valence-electron chi connectivity index (χ2n) is 4.50. The molecule has 100 valence electrons. The lowest BCUT2D eigenvalue weighted by Gasteiger charge is -2.14. The number of aromatic nitrogens is 1. The van der Waals surface area contributed by atoms with Gasteiger partial charge in [0.15, 0.2) is 0 Å². The van der Waals surface area contributed by atoms with Crippen molar-refractivity contribution in [3.05, 3.63) is 75.9 Å². The Morgan fingerprint density at radius 3 is 2.70 bits per heavy atom. The van der Waals surface area contributed by atoms with Gasteiger partial charge in [-0.3, -0.25) is 4.98 Å². The molecule has 0 amide bonds. The number of rotatable bonds is 2. The highest BCUT2D eigenvalue weighted by molar-refractivity contribution is 6.42. The summed E-state index contributed by atoms with van der Waals surface area (Å²) in [4.78, 5) is 4.29. The highest BCUT2D eigenvalue weighted by Gasteiger charge is 2.16. The van der Waals surface area contributed by atoms with Crippen LogP contribution in [0.2, 0.25) is 10.0 Å². The number of pyridine rings is 1. The van der Waals surface area contributed by atoms with Crippen LogP contribution in [0.25, 0.3) is 10.9 Å². The first-order chi connectivity index (χ1) is 9.66. The molecule has 2 nitrogen and oxygen atoms in total. The van der Waals surface area contributed by atoms with Crippen molar-refractivity contribution in [2.75, 3.05) is 0 Å². The maximum Gasteiger partial charge on any atom is 0.106 e. The fraction of sp³-hybridized carbons (Fsp3) is 0.0625. The molecule has 1 atom stereocenters. The van der Waals surface area contributed by atoms with E-state index in [0.717, 1.165) is 16.5 Å². The maximum atomic E-state index is 10.5. The van der Waals surface area contributed by atoms with E-state index in [1.54, 1.807) is 24.4 Å². The molecule has 0 aliphatic heterocycles. The Balaban J connectivity index is 2.08. The first-order valence-electron chi connectivity index (χ1n) is 6.13. The average Bonchev–Trinajstić information content (AvgIpc) is 2.49. The Morgan fingerprint density at radius 1 is 1.00 bits per heavy atom. The first-order valence-corrected chi connectivity index (χ1v) is 6.89. The van der Waals surface area contributed by atoms with Crippen LogP contribution in [-0.4, -0.2) is 10.1 Å². The summed E-state index contributed by atoms with van der Waals surface area (Å²) in [5.74, 6) is 0. The van der Waals surface area contributed by atoms with E-state index in [9.17, 15) is 5.11 Å². The van der Waals surface area contributed by atoms with E-state index in [2.05, 4.69) is 4.98 Å². The fourth-order valence-corrected chi connectivity index (χ4v) is 2.58. The molecule has 1 N–H and O–H groups in total.